The first-order chi connectivity index (χ1) is 6.46. The molecule has 0 radical (unpaired) electrons. The summed E-state index contributed by atoms with van der Waals surface area (Å²) < 4.78 is 32.8. The van der Waals surface area contributed by atoms with Gasteiger partial charge in [-0.3, -0.25) is 4.55 Å². The average Bonchev–Trinajstić information content (AvgIpc) is 2.45. The molecule has 0 aromatic carbocycles. The number of aromatic nitrogens is 2. The van der Waals surface area contributed by atoms with Crippen molar-refractivity contribution in [1.29, 1.82) is 0 Å². The van der Waals surface area contributed by atoms with Crippen molar-refractivity contribution in [3.8, 4) is 0 Å². The summed E-state index contributed by atoms with van der Waals surface area (Å²) >= 11 is 0. The molecular formula is C8H15ClN2O3S. The largest absolute Gasteiger partial charge is 0.337 e. The molecule has 0 saturated heterocycles. The van der Waals surface area contributed by atoms with E-state index in [1.54, 1.807) is 17.8 Å². The van der Waals surface area contributed by atoms with Crippen LogP contribution in [-0.4, -0.2) is 22.5 Å². The molecular weight excluding hydrogens is 240 g/mol. The third-order valence-corrected chi connectivity index (χ3v) is 3.22. The van der Waals surface area contributed by atoms with Gasteiger partial charge in [0.15, 0.2) is 0 Å². The van der Waals surface area contributed by atoms with E-state index in [2.05, 4.69) is 4.98 Å². The highest BCUT2D eigenvalue weighted by Gasteiger charge is 2.27. The molecule has 0 aliphatic heterocycles. The van der Waals surface area contributed by atoms with Crippen LogP contribution in [0.25, 0.3) is 0 Å². The quantitative estimate of drug-likeness (QED) is 0.828. The molecule has 0 bridgehead atoms. The number of imidazole rings is 1. The van der Waals surface area contributed by atoms with Crippen LogP contribution in [0, 0.1) is 0 Å². The second-order valence-corrected chi connectivity index (χ2v) is 4.79. The summed E-state index contributed by atoms with van der Waals surface area (Å²) in [6.45, 7) is 1.86. The fourth-order valence-corrected chi connectivity index (χ4v) is 2.39. The van der Waals surface area contributed by atoms with Crippen LogP contribution in [0.5, 0.6) is 0 Å². The lowest BCUT2D eigenvalue weighted by Gasteiger charge is -2.12. The maximum atomic E-state index is 11.1. The van der Waals surface area contributed by atoms with E-state index in [1.807, 2.05) is 6.92 Å². The predicted octanol–water partition coefficient (Wildman–Crippen LogP) is 1.57. The minimum atomic E-state index is -4.06. The Morgan fingerprint density at radius 3 is 2.53 bits per heavy atom. The van der Waals surface area contributed by atoms with Gasteiger partial charge in [-0.25, -0.2) is 4.98 Å². The van der Waals surface area contributed by atoms with Gasteiger partial charge < -0.3 is 4.57 Å². The number of nitrogens with zero attached hydrogens (tertiary/aromatic N) is 2. The second kappa shape index (κ2) is 5.48. The Morgan fingerprint density at radius 2 is 2.20 bits per heavy atom. The molecule has 0 aliphatic carbocycles. The Morgan fingerprint density at radius 1 is 1.60 bits per heavy atom. The summed E-state index contributed by atoms with van der Waals surface area (Å²) in [7, 11) is -2.35. The molecule has 15 heavy (non-hydrogen) atoms. The molecule has 0 saturated carbocycles. The monoisotopic (exact) mass is 254 g/mol. The van der Waals surface area contributed by atoms with Crippen molar-refractivity contribution in [2.24, 2.45) is 7.05 Å². The Bertz CT molecular complexity index is 402. The Kier molecular flexibility index (Phi) is 5.27. The fraction of sp³-hybridized carbons (Fsp3) is 0.625. The van der Waals surface area contributed by atoms with Gasteiger partial charge in [-0.1, -0.05) is 13.3 Å². The van der Waals surface area contributed by atoms with E-state index in [9.17, 15) is 8.42 Å². The molecule has 1 aromatic rings. The van der Waals surface area contributed by atoms with E-state index < -0.39 is 15.4 Å². The number of hydrogen-bond acceptors (Lipinski definition) is 3. The van der Waals surface area contributed by atoms with Crippen molar-refractivity contribution in [2.75, 3.05) is 0 Å². The normalized spacial score (nSPS) is 13.3. The van der Waals surface area contributed by atoms with Crippen LogP contribution in [0.3, 0.4) is 0 Å². The molecule has 1 aromatic heterocycles. The highest BCUT2D eigenvalue weighted by Crippen LogP contribution is 2.24. The van der Waals surface area contributed by atoms with Gasteiger partial charge in [0.1, 0.15) is 11.1 Å². The average molecular weight is 255 g/mol. The molecule has 88 valence electrons. The number of hydrogen-bond donors (Lipinski definition) is 1. The highest BCUT2D eigenvalue weighted by atomic mass is 35.5. The summed E-state index contributed by atoms with van der Waals surface area (Å²) in [6, 6.07) is 0. The zero-order valence-electron chi connectivity index (χ0n) is 8.62. The maximum absolute atomic E-state index is 11.1. The van der Waals surface area contributed by atoms with E-state index in [4.69, 9.17) is 4.55 Å². The first-order valence-corrected chi connectivity index (χ1v) is 5.90. The summed E-state index contributed by atoms with van der Waals surface area (Å²) in [5.41, 5.74) is 0. The standard InChI is InChI=1S/C8H14N2O3S.ClH/c1-3-4-7(14(11,12)13)8-9-5-6-10(8)2;/h5-7H,3-4H2,1-2H3,(H,11,12,13);1H. The van der Waals surface area contributed by atoms with E-state index in [-0.39, 0.29) is 12.4 Å². The van der Waals surface area contributed by atoms with Crippen molar-refractivity contribution in [1.82, 2.24) is 9.55 Å². The van der Waals surface area contributed by atoms with Gasteiger partial charge in [-0.2, -0.15) is 8.42 Å². The first-order valence-electron chi connectivity index (χ1n) is 4.40. The van der Waals surface area contributed by atoms with Crippen LogP contribution in [0.1, 0.15) is 30.8 Å². The molecule has 0 spiro atoms. The zero-order chi connectivity index (χ0) is 10.8. The lowest BCUT2D eigenvalue weighted by atomic mass is 10.2. The summed E-state index contributed by atoms with van der Waals surface area (Å²) in [4.78, 5) is 3.92. The third-order valence-electron chi connectivity index (χ3n) is 2.06. The number of halogens is 1. The molecule has 0 amide bonds. The maximum Gasteiger partial charge on any atom is 0.275 e. The summed E-state index contributed by atoms with van der Waals surface area (Å²) in [6.07, 6.45) is 4.23. The van der Waals surface area contributed by atoms with E-state index in [0.29, 0.717) is 18.7 Å². The lowest BCUT2D eigenvalue weighted by Crippen LogP contribution is -2.16. The molecule has 1 atom stereocenters. The van der Waals surface area contributed by atoms with Crippen molar-refractivity contribution in [3.63, 3.8) is 0 Å². The highest BCUT2D eigenvalue weighted by molar-refractivity contribution is 7.86. The zero-order valence-corrected chi connectivity index (χ0v) is 10.3. The van der Waals surface area contributed by atoms with Crippen molar-refractivity contribution in [3.05, 3.63) is 18.2 Å². The van der Waals surface area contributed by atoms with Crippen molar-refractivity contribution >= 4 is 22.5 Å². The minimum Gasteiger partial charge on any atom is -0.337 e. The van der Waals surface area contributed by atoms with E-state index in [0.717, 1.165) is 0 Å². The smallest absolute Gasteiger partial charge is 0.275 e. The topological polar surface area (TPSA) is 72.2 Å². The van der Waals surface area contributed by atoms with Gasteiger partial charge in [0.2, 0.25) is 0 Å². The minimum absolute atomic E-state index is 0. The Labute approximate surface area is 95.7 Å². The van der Waals surface area contributed by atoms with Gasteiger partial charge in [0, 0.05) is 19.4 Å². The van der Waals surface area contributed by atoms with Crippen molar-refractivity contribution < 1.29 is 13.0 Å². The molecule has 1 rings (SSSR count). The molecule has 1 unspecified atom stereocenters. The van der Waals surface area contributed by atoms with E-state index >= 15 is 0 Å². The molecule has 0 aliphatic rings. The van der Waals surface area contributed by atoms with Gasteiger partial charge in [0.25, 0.3) is 10.1 Å². The van der Waals surface area contributed by atoms with Gasteiger partial charge >= 0.3 is 0 Å². The Hall–Kier alpha value is -0.590. The molecule has 0 fully saturated rings. The lowest BCUT2D eigenvalue weighted by molar-refractivity contribution is 0.457. The molecule has 1 heterocycles. The SMILES string of the molecule is CCCC(c1nccn1C)S(=O)(=O)O.Cl. The van der Waals surface area contributed by atoms with Crippen LogP contribution in [0.4, 0.5) is 0 Å². The van der Waals surface area contributed by atoms with Crippen LogP contribution in [0.2, 0.25) is 0 Å². The molecule has 5 nitrogen and oxygen atoms in total. The number of rotatable bonds is 4. The second-order valence-electron chi connectivity index (χ2n) is 3.19. The molecule has 7 heteroatoms. The first kappa shape index (κ1) is 14.4. The van der Waals surface area contributed by atoms with Crippen LogP contribution in [0.15, 0.2) is 12.4 Å². The molecule has 1 N–H and O–H groups in total. The van der Waals surface area contributed by atoms with Gasteiger partial charge in [-0.15, -0.1) is 12.4 Å². The summed E-state index contributed by atoms with van der Waals surface area (Å²) in [5, 5.41) is -0.910. The Balaban J connectivity index is 0.00000196. The number of aryl methyl sites for hydroxylation is 1. The fourth-order valence-electron chi connectivity index (χ4n) is 1.36. The summed E-state index contributed by atoms with van der Waals surface area (Å²) in [5.74, 6) is 0.384. The van der Waals surface area contributed by atoms with Crippen LogP contribution < -0.4 is 0 Å². The van der Waals surface area contributed by atoms with Crippen LogP contribution >= 0.6 is 12.4 Å². The van der Waals surface area contributed by atoms with Gasteiger partial charge in [0.05, 0.1) is 0 Å². The van der Waals surface area contributed by atoms with Crippen molar-refractivity contribution in [2.45, 2.75) is 25.0 Å². The van der Waals surface area contributed by atoms with E-state index in [1.165, 1.54) is 6.20 Å². The van der Waals surface area contributed by atoms with Crippen LogP contribution in [-0.2, 0) is 17.2 Å². The third kappa shape index (κ3) is 3.48. The predicted molar refractivity (Wildman–Crippen MR) is 59.7 cm³/mol. The van der Waals surface area contributed by atoms with Gasteiger partial charge in [-0.05, 0) is 6.42 Å².